The Balaban J connectivity index is 2.03. The highest BCUT2D eigenvalue weighted by molar-refractivity contribution is 7.73. The number of amides is 2. The van der Waals surface area contributed by atoms with Crippen LogP contribution >= 0.6 is 23.6 Å². The Bertz CT molecular complexity index is 744. The smallest absolute Gasteiger partial charge is 0.328 e. The highest BCUT2D eigenvalue weighted by Crippen LogP contribution is 2.11. The van der Waals surface area contributed by atoms with Crippen LogP contribution < -0.4 is 10.6 Å². The van der Waals surface area contributed by atoms with Crippen molar-refractivity contribution in [3.05, 3.63) is 39.6 Å². The fourth-order valence-corrected chi connectivity index (χ4v) is 2.55. The summed E-state index contributed by atoms with van der Waals surface area (Å²) in [6.45, 7) is 0. The van der Waals surface area contributed by atoms with E-state index in [0.717, 1.165) is 11.3 Å². The number of carbonyl (C=O) groups is 2. The third kappa shape index (κ3) is 5.11. The lowest BCUT2D eigenvalue weighted by atomic mass is 10.1. The van der Waals surface area contributed by atoms with E-state index in [1.165, 1.54) is 31.4 Å². The van der Waals surface area contributed by atoms with E-state index < -0.39 is 18.0 Å². The van der Waals surface area contributed by atoms with E-state index in [1.807, 2.05) is 0 Å². The summed E-state index contributed by atoms with van der Waals surface area (Å²) in [5, 5.41) is 11.5. The number of H-pyrrole nitrogens is 1. The van der Waals surface area contributed by atoms with Gasteiger partial charge in [0.15, 0.2) is 3.95 Å². The zero-order valence-corrected chi connectivity index (χ0v) is 13.6. The molecule has 2 rings (SSSR count). The zero-order chi connectivity index (χ0) is 16.8. The summed E-state index contributed by atoms with van der Waals surface area (Å²) in [6, 6.07) is 4.08. The number of hydrogen-bond acceptors (Lipinski definition) is 6. The minimum atomic E-state index is -0.919. The molecule has 122 valence electrons. The maximum Gasteiger partial charge on any atom is 0.328 e. The molecule has 2 aromatic rings. The van der Waals surface area contributed by atoms with Gasteiger partial charge < -0.3 is 10.1 Å². The average molecular weight is 356 g/mol. The first kappa shape index (κ1) is 17.0. The van der Waals surface area contributed by atoms with Crippen molar-refractivity contribution in [3.63, 3.8) is 0 Å². The molecule has 1 heterocycles. The van der Waals surface area contributed by atoms with Gasteiger partial charge in [-0.05, 0) is 29.9 Å². The summed E-state index contributed by atoms with van der Waals surface area (Å²) in [7, 11) is 1.22. The molecular weight excluding hydrogens is 343 g/mol. The fraction of sp³-hybridized carbons (Fsp3) is 0.231. The van der Waals surface area contributed by atoms with Gasteiger partial charge in [-0.2, -0.15) is 0 Å². The second kappa shape index (κ2) is 7.79. The number of aromatic nitrogens is 2. The molecule has 0 aliphatic rings. The molecule has 3 N–H and O–H groups in total. The number of methoxy groups -OCH3 is 1. The molecule has 0 fully saturated rings. The number of aromatic amines is 1. The number of nitrogens with one attached hydrogen (secondary N) is 3. The van der Waals surface area contributed by atoms with Gasteiger partial charge in [0.2, 0.25) is 5.13 Å². The van der Waals surface area contributed by atoms with Crippen molar-refractivity contribution in [1.29, 1.82) is 0 Å². The van der Waals surface area contributed by atoms with E-state index in [9.17, 15) is 14.0 Å². The molecular formula is C13H13FN4O3S2. The maximum atomic E-state index is 12.9. The number of esters is 1. The third-order valence-electron chi connectivity index (χ3n) is 2.80. The van der Waals surface area contributed by atoms with E-state index in [0.29, 0.717) is 9.52 Å². The standard InChI is InChI=1S/C13H13FN4O3S2/c1-21-10(19)9(6-7-2-4-8(14)5-3-7)15-11(20)16-12-17-18-13(22)23-12/h2-5,9H,6H2,1H3,(H,18,22)(H2,15,16,17,20)/t9-/m0/s1. The van der Waals surface area contributed by atoms with Crippen LogP contribution in [0.4, 0.5) is 14.3 Å². The van der Waals surface area contributed by atoms with Crippen LogP contribution in [0.1, 0.15) is 5.56 Å². The number of benzene rings is 1. The highest BCUT2D eigenvalue weighted by atomic mass is 32.1. The number of urea groups is 1. The molecule has 0 aliphatic heterocycles. The van der Waals surface area contributed by atoms with Gasteiger partial charge in [0.05, 0.1) is 7.11 Å². The minimum Gasteiger partial charge on any atom is -0.467 e. The molecule has 10 heteroatoms. The summed E-state index contributed by atoms with van der Waals surface area (Å²) in [5.41, 5.74) is 0.678. The van der Waals surface area contributed by atoms with Gasteiger partial charge in [-0.1, -0.05) is 23.5 Å². The lowest BCUT2D eigenvalue weighted by molar-refractivity contribution is -0.142. The van der Waals surface area contributed by atoms with Crippen LogP contribution in [0.15, 0.2) is 24.3 Å². The fourth-order valence-electron chi connectivity index (χ4n) is 1.77. The monoisotopic (exact) mass is 356 g/mol. The number of hydrogen-bond donors (Lipinski definition) is 3. The SMILES string of the molecule is COC(=O)[C@H](Cc1ccc(F)cc1)NC(=O)Nc1n[nH]c(=S)s1. The predicted molar refractivity (Wildman–Crippen MR) is 85.4 cm³/mol. The molecule has 1 aromatic heterocycles. The molecule has 23 heavy (non-hydrogen) atoms. The van der Waals surface area contributed by atoms with Gasteiger partial charge in [-0.3, -0.25) is 10.4 Å². The average Bonchev–Trinajstić information content (AvgIpc) is 2.92. The van der Waals surface area contributed by atoms with Gasteiger partial charge in [-0.15, -0.1) is 5.10 Å². The summed E-state index contributed by atoms with van der Waals surface area (Å²) in [4.78, 5) is 23.7. The summed E-state index contributed by atoms with van der Waals surface area (Å²) in [5.74, 6) is -0.993. The van der Waals surface area contributed by atoms with Crippen molar-refractivity contribution in [1.82, 2.24) is 15.5 Å². The Morgan fingerprint density at radius 1 is 1.43 bits per heavy atom. The van der Waals surface area contributed by atoms with Gasteiger partial charge in [-0.25, -0.2) is 14.0 Å². The van der Waals surface area contributed by atoms with Crippen LogP contribution in [0.3, 0.4) is 0 Å². The second-order valence-electron chi connectivity index (χ2n) is 4.42. The van der Waals surface area contributed by atoms with E-state index >= 15 is 0 Å². The number of nitrogens with zero attached hydrogens (tertiary/aromatic N) is 1. The van der Waals surface area contributed by atoms with E-state index in [-0.39, 0.29) is 17.4 Å². The molecule has 0 aliphatic carbocycles. The molecule has 0 spiro atoms. The van der Waals surface area contributed by atoms with Crippen LogP contribution in [0.25, 0.3) is 0 Å². The van der Waals surface area contributed by atoms with Crippen molar-refractivity contribution in [2.45, 2.75) is 12.5 Å². The van der Waals surface area contributed by atoms with Gasteiger partial charge in [0.25, 0.3) is 0 Å². The molecule has 2 amide bonds. The lowest BCUT2D eigenvalue weighted by Gasteiger charge is -2.16. The Hall–Kier alpha value is -2.33. The third-order valence-corrected chi connectivity index (χ3v) is 3.81. The van der Waals surface area contributed by atoms with Crippen LogP contribution in [-0.4, -0.2) is 35.3 Å². The number of halogens is 1. The van der Waals surface area contributed by atoms with Crippen molar-refractivity contribution in [3.8, 4) is 0 Å². The maximum absolute atomic E-state index is 12.9. The van der Waals surface area contributed by atoms with E-state index in [1.54, 1.807) is 0 Å². The van der Waals surface area contributed by atoms with E-state index in [2.05, 4.69) is 25.6 Å². The quantitative estimate of drug-likeness (QED) is 0.564. The normalized spacial score (nSPS) is 11.6. The van der Waals surface area contributed by atoms with Gasteiger partial charge in [0.1, 0.15) is 11.9 Å². The van der Waals surface area contributed by atoms with Gasteiger partial charge >= 0.3 is 12.0 Å². The Morgan fingerprint density at radius 2 is 2.13 bits per heavy atom. The molecule has 0 saturated heterocycles. The zero-order valence-electron chi connectivity index (χ0n) is 12.0. The number of carbonyl (C=O) groups excluding carboxylic acids is 2. The molecule has 0 saturated carbocycles. The Morgan fingerprint density at radius 3 is 2.70 bits per heavy atom. The molecule has 0 unspecified atom stereocenters. The number of anilines is 1. The minimum absolute atomic E-state index is 0.163. The summed E-state index contributed by atoms with van der Waals surface area (Å²) in [6.07, 6.45) is 0.163. The van der Waals surface area contributed by atoms with Crippen LogP contribution in [0, 0.1) is 9.77 Å². The molecule has 0 bridgehead atoms. The van der Waals surface area contributed by atoms with Crippen LogP contribution in [0.2, 0.25) is 0 Å². The summed E-state index contributed by atoms with van der Waals surface area (Å²) < 4.78 is 18.0. The second-order valence-corrected chi connectivity index (χ2v) is 6.09. The molecule has 7 nitrogen and oxygen atoms in total. The Labute approximate surface area is 139 Å². The largest absolute Gasteiger partial charge is 0.467 e. The highest BCUT2D eigenvalue weighted by Gasteiger charge is 2.22. The number of ether oxygens (including phenoxy) is 1. The lowest BCUT2D eigenvalue weighted by Crippen LogP contribution is -2.45. The Kier molecular flexibility index (Phi) is 5.77. The van der Waals surface area contributed by atoms with Crippen molar-refractivity contribution < 1.29 is 18.7 Å². The van der Waals surface area contributed by atoms with E-state index in [4.69, 9.17) is 12.2 Å². The van der Waals surface area contributed by atoms with Crippen molar-refractivity contribution in [2.24, 2.45) is 0 Å². The van der Waals surface area contributed by atoms with Gasteiger partial charge in [0, 0.05) is 6.42 Å². The van der Waals surface area contributed by atoms with Crippen LogP contribution in [-0.2, 0) is 16.0 Å². The molecule has 1 atom stereocenters. The van der Waals surface area contributed by atoms with Crippen molar-refractivity contribution >= 4 is 40.7 Å². The first-order valence-corrected chi connectivity index (χ1v) is 7.65. The predicted octanol–water partition coefficient (Wildman–Crippen LogP) is 2.25. The topological polar surface area (TPSA) is 96.1 Å². The first-order chi connectivity index (χ1) is 11.0. The van der Waals surface area contributed by atoms with Crippen LogP contribution in [0.5, 0.6) is 0 Å². The van der Waals surface area contributed by atoms with Crippen molar-refractivity contribution in [2.75, 3.05) is 12.4 Å². The molecule has 0 radical (unpaired) electrons. The summed E-state index contributed by atoms with van der Waals surface area (Å²) >= 11 is 5.94. The number of rotatable bonds is 5. The first-order valence-electron chi connectivity index (χ1n) is 6.43. The molecule has 1 aromatic carbocycles.